The minimum Gasteiger partial charge on any atom is -0.505 e. The quantitative estimate of drug-likeness (QED) is 0.0233. The van der Waals surface area contributed by atoms with Gasteiger partial charge in [0.1, 0.15) is 47.8 Å². The summed E-state index contributed by atoms with van der Waals surface area (Å²) in [5, 5.41) is 29.6. The van der Waals surface area contributed by atoms with E-state index < -0.39 is 19.7 Å². The molecule has 93 heavy (non-hydrogen) atoms. The number of aromatic nitrogens is 2. The van der Waals surface area contributed by atoms with Crippen molar-refractivity contribution in [2.24, 2.45) is 0 Å². The molecule has 1 saturated heterocycles. The summed E-state index contributed by atoms with van der Waals surface area (Å²) in [6, 6.07) is 50.5. The molecule has 10 aromatic rings. The van der Waals surface area contributed by atoms with E-state index in [1.165, 1.54) is 88.5 Å². The number of halogens is 2. The predicted octanol–water partition coefficient (Wildman–Crippen LogP) is 23.2. The van der Waals surface area contributed by atoms with E-state index in [1.807, 2.05) is 60.7 Å². The smallest absolute Gasteiger partial charge is 0.147 e. The number of rotatable bonds is 27. The molecule has 491 valence electrons. The molecule has 8 aromatic carbocycles. The Bertz CT molecular complexity index is 3670. The molecular weight excluding hydrogens is 1200 g/mol. The maximum Gasteiger partial charge on any atom is 0.147 e. The Morgan fingerprint density at radius 3 is 1.10 bits per heavy atom. The van der Waals surface area contributed by atoms with Gasteiger partial charge in [-0.1, -0.05) is 211 Å². The van der Waals surface area contributed by atoms with Crippen molar-refractivity contribution in [1.29, 1.82) is 0 Å². The number of aliphatic hydroxyl groups is 2. The summed E-state index contributed by atoms with van der Waals surface area (Å²) in [5.41, 5.74) is 8.69. The van der Waals surface area contributed by atoms with E-state index in [0.29, 0.717) is 71.2 Å². The third kappa shape index (κ3) is 18.5. The number of phenols is 2. The molecule has 1 fully saturated rings. The molecule has 0 bridgehead atoms. The van der Waals surface area contributed by atoms with Gasteiger partial charge in [-0.3, -0.25) is 0 Å². The van der Waals surface area contributed by atoms with Gasteiger partial charge in [0, 0.05) is 82.5 Å². The second kappa shape index (κ2) is 33.7. The van der Waals surface area contributed by atoms with E-state index in [4.69, 9.17) is 9.47 Å². The molecule has 1 radical (unpaired) electrons. The van der Waals surface area contributed by atoms with Crippen molar-refractivity contribution < 1.29 is 59.0 Å². The molecule has 1 aliphatic rings. The Balaban J connectivity index is 0.000000931. The van der Waals surface area contributed by atoms with Crippen molar-refractivity contribution >= 4 is 51.7 Å². The monoisotopic (exact) mass is 1310 g/mol. The van der Waals surface area contributed by atoms with Crippen molar-refractivity contribution in [2.45, 2.75) is 188 Å². The Kier molecular flexibility index (Phi) is 26.2. The summed E-state index contributed by atoms with van der Waals surface area (Å²) < 4.78 is 52.8. The van der Waals surface area contributed by atoms with Crippen LogP contribution in [0.4, 0.5) is 8.78 Å². The average Bonchev–Trinajstić information content (AvgIpc) is 1.66. The Morgan fingerprint density at radius 2 is 0.774 bits per heavy atom. The molecule has 11 heteroatoms. The molecule has 0 atom stereocenters. The van der Waals surface area contributed by atoms with Crippen molar-refractivity contribution in [2.75, 3.05) is 26.4 Å². The number of fused-ring (bicyclic) bond motifs is 6. The minimum atomic E-state index is -0.861. The van der Waals surface area contributed by atoms with Gasteiger partial charge in [0.15, 0.2) is 0 Å². The summed E-state index contributed by atoms with van der Waals surface area (Å²) in [5.74, 6) is 0.160. The standard InChI is InChI=1S/C74H82F2N2O4.C4H8O.C4H11Si.Sc/c1-7-9-11-13-15-25-41-73(3,4)51-45-61(71(79)67(47-51)77-63-33-21-17-29-55(63)56-30-18-22-34-64(56)77)59-49-53(75)37-39-69(59)81-43-27-28-44-82-70-40-38-54(76)50-60(70)62-46-52(74(5,6)42-26-16-14-12-10-8-2)48-68(72(62)80)78-65-35-23-19-31-57(65)58-32-20-24-36-66(58)78;1-2-4-5-3-1;1-5(2,3)4;/h17-24,29-40,45-50,79-80H,7-16,25-28,41-44H2,1-6H3;1-4H2;1H2,2-4H3;/q;;-1;/p+1. The number of hydrogen-bond donors (Lipinski definition) is 2. The van der Waals surface area contributed by atoms with Crippen molar-refractivity contribution in [3.8, 4) is 56.6 Å². The van der Waals surface area contributed by atoms with Crippen LogP contribution in [0.2, 0.25) is 19.6 Å². The molecular formula is C82H102F2N2O5ScSi. The van der Waals surface area contributed by atoms with Crippen LogP contribution in [-0.2, 0) is 36.7 Å². The van der Waals surface area contributed by atoms with E-state index in [-0.39, 0.29) is 48.2 Å². The van der Waals surface area contributed by atoms with Gasteiger partial charge >= 0.3 is 0 Å². The van der Waals surface area contributed by atoms with Gasteiger partial charge in [0.25, 0.3) is 0 Å². The zero-order valence-corrected chi connectivity index (χ0v) is 60.0. The third-order valence-electron chi connectivity index (χ3n) is 18.1. The molecule has 0 amide bonds. The largest absolute Gasteiger partial charge is 0.505 e. The predicted molar refractivity (Wildman–Crippen MR) is 388 cm³/mol. The second-order valence-corrected chi connectivity index (χ2v) is 33.1. The molecule has 0 spiro atoms. The van der Waals surface area contributed by atoms with Gasteiger partial charge in [-0.15, -0.1) is 8.07 Å². The Hall–Kier alpha value is -6.53. The van der Waals surface area contributed by atoms with Crippen molar-refractivity contribution in [3.05, 3.63) is 187 Å². The summed E-state index contributed by atoms with van der Waals surface area (Å²) in [6.45, 7) is 27.0. The topological polar surface area (TPSA) is 81.6 Å². The first-order valence-corrected chi connectivity index (χ1v) is 38.1. The Labute approximate surface area is 573 Å². The van der Waals surface area contributed by atoms with Crippen LogP contribution in [0.3, 0.4) is 0 Å². The number of para-hydroxylation sites is 4. The molecule has 3 N–H and O–H groups in total. The summed E-state index contributed by atoms with van der Waals surface area (Å²) in [7, 11) is -0.861. The van der Waals surface area contributed by atoms with Crippen LogP contribution in [0.15, 0.2) is 158 Å². The molecule has 0 unspecified atom stereocenters. The van der Waals surface area contributed by atoms with Gasteiger partial charge in [0.2, 0.25) is 0 Å². The minimum absolute atomic E-state index is 0. The zero-order valence-electron chi connectivity index (χ0n) is 57.2. The number of aromatic hydroxyl groups is 2. The maximum atomic E-state index is 15.6. The number of hydrogen-bond acceptors (Lipinski definition) is 4. The molecule has 0 saturated carbocycles. The van der Waals surface area contributed by atoms with E-state index >= 15 is 8.78 Å². The summed E-state index contributed by atoms with van der Waals surface area (Å²) in [4.78, 5) is 0. The second-order valence-electron chi connectivity index (χ2n) is 27.9. The van der Waals surface area contributed by atoms with Gasteiger partial charge in [-0.05, 0) is 133 Å². The zero-order chi connectivity index (χ0) is 65.4. The summed E-state index contributed by atoms with van der Waals surface area (Å²) >= 11 is 0. The van der Waals surface area contributed by atoms with Gasteiger partial charge in [0.05, 0.1) is 46.7 Å². The van der Waals surface area contributed by atoms with Gasteiger partial charge < -0.3 is 40.1 Å². The van der Waals surface area contributed by atoms with Crippen LogP contribution >= 0.6 is 0 Å². The normalized spacial score (nSPS) is 12.6. The first kappa shape index (κ1) is 72.3. The van der Waals surface area contributed by atoms with Crippen molar-refractivity contribution in [1.82, 2.24) is 9.13 Å². The average molecular weight is 1310 g/mol. The van der Waals surface area contributed by atoms with Crippen LogP contribution < -0.4 is 9.47 Å². The van der Waals surface area contributed by atoms with E-state index in [9.17, 15) is 10.2 Å². The van der Waals surface area contributed by atoms with Crippen LogP contribution in [0.1, 0.15) is 168 Å². The fourth-order valence-corrected chi connectivity index (χ4v) is 12.9. The van der Waals surface area contributed by atoms with Gasteiger partial charge in [-0.2, -0.15) is 0 Å². The molecule has 0 aliphatic carbocycles. The van der Waals surface area contributed by atoms with E-state index in [1.54, 1.807) is 12.1 Å². The molecule has 7 nitrogen and oxygen atoms in total. The van der Waals surface area contributed by atoms with Crippen LogP contribution in [0, 0.1) is 18.2 Å². The van der Waals surface area contributed by atoms with E-state index in [2.05, 4.69) is 142 Å². The molecule has 1 aliphatic heterocycles. The number of benzene rings is 8. The van der Waals surface area contributed by atoms with E-state index in [0.717, 1.165) is 106 Å². The Morgan fingerprint density at radius 1 is 0.452 bits per heavy atom. The van der Waals surface area contributed by atoms with Crippen LogP contribution in [0.25, 0.3) is 77.2 Å². The molecule has 3 heterocycles. The maximum absolute atomic E-state index is 15.6. The first-order valence-electron chi connectivity index (χ1n) is 34.4. The number of unbranched alkanes of at least 4 members (excludes halogenated alkanes) is 11. The number of nitrogens with zero attached hydrogens (tertiary/aromatic N) is 2. The first-order chi connectivity index (χ1) is 44.3. The summed E-state index contributed by atoms with van der Waals surface area (Å²) in [6.07, 6.45) is 20.1. The van der Waals surface area contributed by atoms with Crippen molar-refractivity contribution in [3.63, 3.8) is 0 Å². The number of ether oxygens (including phenoxy) is 3. The molecule has 11 rings (SSSR count). The van der Waals surface area contributed by atoms with Crippen LogP contribution in [-0.4, -0.2) is 58.6 Å². The number of phenolic OH excluding ortho intramolecular Hbond substituents is 2. The van der Waals surface area contributed by atoms with Crippen LogP contribution in [0.5, 0.6) is 23.0 Å². The fourth-order valence-electron chi connectivity index (χ4n) is 12.9. The third-order valence-corrected chi connectivity index (χ3v) is 18.1. The van der Waals surface area contributed by atoms with Gasteiger partial charge in [-0.25, -0.2) is 8.78 Å². The SMILES string of the molecule is C1CC[OH+]C1.CCCCCCCCC(C)(C)c1cc(-c2cc(F)ccc2OCCCCOc2ccc(F)cc2-c2cc(C(C)(C)CCCCCCCC)cc(-n3c4ccccc4c4ccccc43)c2O)c(O)c(-n2c3ccccc3c3ccccc32)c1.[CH2-][Si](C)(C)C.[Sc]. The molecule has 2 aromatic heterocycles. The fraction of sp³-hybridized carbons (Fsp3) is 0.402.